The second-order valence-electron chi connectivity index (χ2n) is 10.5. The third-order valence-electron chi connectivity index (χ3n) is 5.36. The van der Waals surface area contributed by atoms with Crippen LogP contribution in [-0.4, -0.2) is 34.1 Å². The zero-order valence-corrected chi connectivity index (χ0v) is 22.8. The van der Waals surface area contributed by atoms with Crippen LogP contribution in [0.15, 0.2) is 58.3 Å². The second-order valence-corrected chi connectivity index (χ2v) is 12.3. The maximum absolute atomic E-state index is 12.3. The first kappa shape index (κ1) is 25.8. The van der Waals surface area contributed by atoms with Crippen molar-refractivity contribution < 1.29 is 13.2 Å². The summed E-state index contributed by atoms with van der Waals surface area (Å²) in [6, 6.07) is 14.7. The molecule has 0 atom stereocenters. The Labute approximate surface area is 216 Å². The minimum absolute atomic E-state index is 0.0353. The van der Waals surface area contributed by atoms with Crippen molar-refractivity contribution in [2.75, 3.05) is 10.0 Å². The van der Waals surface area contributed by atoms with E-state index < -0.39 is 16.3 Å². The van der Waals surface area contributed by atoms with E-state index in [1.165, 1.54) is 0 Å². The van der Waals surface area contributed by atoms with Gasteiger partial charge in [0, 0.05) is 32.7 Å². The van der Waals surface area contributed by atoms with Crippen molar-refractivity contribution in [2.24, 2.45) is 5.41 Å². The Balaban J connectivity index is 1.64. The van der Waals surface area contributed by atoms with Crippen LogP contribution >= 0.6 is 11.8 Å². The number of fused-ring (bicyclic) bond motifs is 1. The predicted molar refractivity (Wildman–Crippen MR) is 144 cm³/mol. The van der Waals surface area contributed by atoms with E-state index in [9.17, 15) is 13.2 Å². The highest BCUT2D eigenvalue weighted by Gasteiger charge is 2.27. The minimum atomic E-state index is -2.72. The van der Waals surface area contributed by atoms with Crippen LogP contribution in [0.3, 0.4) is 0 Å². The molecule has 0 aliphatic rings. The number of hydrogen-bond acceptors (Lipinski definition) is 6. The summed E-state index contributed by atoms with van der Waals surface area (Å²) in [5, 5.41) is 12.4. The van der Waals surface area contributed by atoms with Gasteiger partial charge in [-0.3, -0.25) is 9.52 Å². The van der Waals surface area contributed by atoms with E-state index in [4.69, 9.17) is 5.10 Å². The number of carbonyl (C=O) groups excluding carboxylic acids is 1. The average molecular weight is 527 g/mol. The average Bonchev–Trinajstić information content (AvgIpc) is 3.34. The molecule has 0 fully saturated rings. The Hall–Kier alpha value is -3.31. The maximum atomic E-state index is 12.3. The molecule has 0 saturated heterocycles. The fraction of sp³-hybridized carbons (Fsp3) is 0.320. The number of aromatic amines is 1. The van der Waals surface area contributed by atoms with E-state index in [-0.39, 0.29) is 11.3 Å². The van der Waals surface area contributed by atoms with E-state index in [1.807, 2.05) is 45.0 Å². The van der Waals surface area contributed by atoms with Gasteiger partial charge in [-0.05, 0) is 48.5 Å². The largest absolute Gasteiger partial charge is 0.326 e. The molecule has 3 N–H and O–H groups in total. The summed E-state index contributed by atoms with van der Waals surface area (Å²) in [4.78, 5) is 17.6. The number of amides is 1. The second kappa shape index (κ2) is 9.62. The van der Waals surface area contributed by atoms with Gasteiger partial charge in [-0.1, -0.05) is 53.3 Å². The maximum Gasteiger partial charge on any atom is 0.229 e. The van der Waals surface area contributed by atoms with E-state index >= 15 is 0 Å². The lowest BCUT2D eigenvalue weighted by atomic mass is 9.92. The molecule has 0 spiro atoms. The number of hydrogen-bond donors (Lipinski definition) is 4. The van der Waals surface area contributed by atoms with Crippen LogP contribution in [0, 0.1) is 5.41 Å². The predicted octanol–water partition coefficient (Wildman–Crippen LogP) is 5.10. The van der Waals surface area contributed by atoms with Crippen molar-refractivity contribution in [2.45, 2.75) is 56.7 Å². The Kier molecular flexibility index (Phi) is 6.89. The molecule has 1 amide bonds. The number of nitrogens with one attached hydrogen (secondary N) is 3. The molecular weight excluding hydrogens is 496 g/mol. The molecule has 0 aliphatic carbocycles. The Morgan fingerprint density at radius 1 is 0.917 bits per heavy atom. The van der Waals surface area contributed by atoms with E-state index in [0.29, 0.717) is 11.5 Å². The minimum Gasteiger partial charge on any atom is -0.326 e. The van der Waals surface area contributed by atoms with Crippen molar-refractivity contribution in [3.63, 3.8) is 0 Å². The highest BCUT2D eigenvalue weighted by atomic mass is 32.2. The molecule has 0 radical (unpaired) electrons. The van der Waals surface area contributed by atoms with Gasteiger partial charge in [0.2, 0.25) is 16.8 Å². The number of carbonyl (C=O) groups is 1. The molecule has 2 aromatic heterocycles. The summed E-state index contributed by atoms with van der Waals surface area (Å²) in [6.45, 7) is 12.0. The highest BCUT2D eigenvalue weighted by Crippen LogP contribution is 2.39. The van der Waals surface area contributed by atoms with Gasteiger partial charge < -0.3 is 10.3 Å². The lowest BCUT2D eigenvalue weighted by Gasteiger charge is -2.18. The number of benzene rings is 2. The quantitative estimate of drug-likeness (QED) is 0.260. The summed E-state index contributed by atoms with van der Waals surface area (Å²) in [5.41, 5.74) is 3.05. The molecule has 2 heterocycles. The molecule has 4 aromatic rings. The summed E-state index contributed by atoms with van der Waals surface area (Å²) < 4.78 is 25.7. The number of rotatable bonds is 6. The van der Waals surface area contributed by atoms with Gasteiger partial charge in [-0.15, -0.1) is 9.73 Å². The third-order valence-corrected chi connectivity index (χ3v) is 6.90. The molecule has 0 saturated carbocycles. The van der Waals surface area contributed by atoms with Crippen LogP contribution in [0.1, 0.15) is 47.2 Å². The monoisotopic (exact) mass is 526 g/mol. The first-order valence-corrected chi connectivity index (χ1v) is 13.4. The van der Waals surface area contributed by atoms with Gasteiger partial charge in [-0.2, -0.15) is 5.10 Å². The molecule has 0 aliphatic heterocycles. The van der Waals surface area contributed by atoms with Gasteiger partial charge in [0.05, 0.1) is 10.6 Å². The van der Waals surface area contributed by atoms with Gasteiger partial charge >= 0.3 is 0 Å². The number of anilines is 2. The van der Waals surface area contributed by atoms with Gasteiger partial charge in [-0.25, -0.2) is 8.42 Å². The Bertz CT molecular complexity index is 1460. The smallest absolute Gasteiger partial charge is 0.229 e. The SMILES string of the molecule is CC(C)(C)C(=O)Nc1ccc(Sc2c(C(C)(C)C)nn3nc(-c4ccc(N[SH](=O)=O)cc4)[nH]c23)cc1. The molecule has 4 rings (SSSR count). The van der Waals surface area contributed by atoms with Crippen LogP contribution in [0.4, 0.5) is 11.4 Å². The highest BCUT2D eigenvalue weighted by molar-refractivity contribution is 7.99. The van der Waals surface area contributed by atoms with E-state index in [0.717, 1.165) is 32.4 Å². The number of H-pyrrole nitrogens is 1. The van der Waals surface area contributed by atoms with Gasteiger partial charge in [0.1, 0.15) is 0 Å². The van der Waals surface area contributed by atoms with Gasteiger partial charge in [0.25, 0.3) is 0 Å². The summed E-state index contributed by atoms with van der Waals surface area (Å²) in [6.07, 6.45) is 0. The molecule has 2 aromatic carbocycles. The van der Waals surface area contributed by atoms with Crippen LogP contribution in [0.5, 0.6) is 0 Å². The van der Waals surface area contributed by atoms with Crippen LogP contribution < -0.4 is 10.0 Å². The van der Waals surface area contributed by atoms with E-state index in [2.05, 4.69) is 40.9 Å². The third kappa shape index (κ3) is 5.73. The van der Waals surface area contributed by atoms with Gasteiger partial charge in [0.15, 0.2) is 11.5 Å². The standard InChI is InChI=1S/C25H30N6O3S2/c1-24(2,3)20-19(35-18-13-11-16(12-14-18)26-23(32)25(4,5)6)22-27-21(29-31(22)28-20)15-7-9-17(10-8-15)30-36(33)34/h7-14,36H,1-6H3,(H,26,32)(H,27,29)(H,30,33,34). The van der Waals surface area contributed by atoms with Crippen molar-refractivity contribution in [3.05, 3.63) is 54.2 Å². The summed E-state index contributed by atoms with van der Waals surface area (Å²) in [5.74, 6) is 0.588. The number of thiol groups is 1. The number of aromatic nitrogens is 4. The lowest BCUT2D eigenvalue weighted by Crippen LogP contribution is -2.27. The zero-order chi connectivity index (χ0) is 26.3. The molecular formula is C25H30N6O3S2. The van der Waals surface area contributed by atoms with Crippen LogP contribution in [0.25, 0.3) is 17.0 Å². The molecule has 190 valence electrons. The molecule has 9 nitrogen and oxygen atoms in total. The zero-order valence-electron chi connectivity index (χ0n) is 21.0. The number of nitrogens with zero attached hydrogens (tertiary/aromatic N) is 3. The normalized spacial score (nSPS) is 12.3. The lowest BCUT2D eigenvalue weighted by molar-refractivity contribution is -0.123. The first-order valence-electron chi connectivity index (χ1n) is 11.4. The van der Waals surface area contributed by atoms with Crippen LogP contribution in [0.2, 0.25) is 0 Å². The van der Waals surface area contributed by atoms with E-state index in [1.54, 1.807) is 40.7 Å². The van der Waals surface area contributed by atoms with Crippen molar-refractivity contribution in [1.82, 2.24) is 19.8 Å². The fourth-order valence-corrected chi connectivity index (χ4v) is 4.91. The summed E-state index contributed by atoms with van der Waals surface area (Å²) >= 11 is 1.58. The van der Waals surface area contributed by atoms with Crippen LogP contribution in [-0.2, 0) is 21.1 Å². The van der Waals surface area contributed by atoms with Crippen molar-refractivity contribution in [1.29, 1.82) is 0 Å². The fourth-order valence-electron chi connectivity index (χ4n) is 3.37. The van der Waals surface area contributed by atoms with Crippen molar-refractivity contribution in [3.8, 4) is 11.4 Å². The molecule has 11 heteroatoms. The van der Waals surface area contributed by atoms with Crippen molar-refractivity contribution >= 4 is 45.6 Å². The molecule has 0 unspecified atom stereocenters. The Morgan fingerprint density at radius 3 is 2.08 bits per heavy atom. The molecule has 36 heavy (non-hydrogen) atoms. The summed E-state index contributed by atoms with van der Waals surface area (Å²) in [7, 11) is -2.72. The first-order chi connectivity index (χ1) is 16.8. The topological polar surface area (TPSA) is 121 Å². The molecule has 0 bridgehead atoms. The Morgan fingerprint density at radius 2 is 1.53 bits per heavy atom.